The van der Waals surface area contributed by atoms with Gasteiger partial charge in [0, 0.05) is 37.7 Å². The van der Waals surface area contributed by atoms with Crippen LogP contribution in [0.2, 0.25) is 0 Å². The van der Waals surface area contributed by atoms with Crippen molar-refractivity contribution < 1.29 is 18.0 Å². The number of hydrogen-bond donors (Lipinski definition) is 3. The third kappa shape index (κ3) is 10.2. The fraction of sp³-hybridized carbons (Fsp3) is 0.611. The first-order valence-corrected chi connectivity index (χ1v) is 11.4. The van der Waals surface area contributed by atoms with E-state index in [4.69, 9.17) is 14.8 Å². The first kappa shape index (κ1) is 23.0. The molecule has 160 valence electrons. The lowest BCUT2D eigenvalue weighted by Gasteiger charge is -2.22. The predicted octanol–water partition coefficient (Wildman–Crippen LogP) is 1.86. The van der Waals surface area contributed by atoms with Crippen LogP contribution in [0.5, 0.6) is 0 Å². The van der Waals surface area contributed by atoms with Gasteiger partial charge in [-0.1, -0.05) is 17.7 Å². The summed E-state index contributed by atoms with van der Waals surface area (Å²) in [6.45, 7) is 1.12. The van der Waals surface area contributed by atoms with E-state index in [1.165, 1.54) is 0 Å². The van der Waals surface area contributed by atoms with Gasteiger partial charge in [-0.2, -0.15) is 5.26 Å². The normalized spacial score (nSPS) is 17.5. The monoisotopic (exact) mass is 424 g/mol. The summed E-state index contributed by atoms with van der Waals surface area (Å²) in [7, 11) is -3.47. The molecular formula is C18H28N6O4S. The minimum Gasteiger partial charge on any atom is -0.351 e. The number of nitrogens with one attached hydrogen (secondary N) is 3. The van der Waals surface area contributed by atoms with Gasteiger partial charge in [-0.15, -0.1) is 0 Å². The van der Waals surface area contributed by atoms with Crippen molar-refractivity contribution in [3.8, 4) is 6.19 Å². The molecule has 0 spiro atoms. The van der Waals surface area contributed by atoms with Gasteiger partial charge >= 0.3 is 0 Å². The highest BCUT2D eigenvalue weighted by molar-refractivity contribution is 7.89. The molecule has 11 heteroatoms. The number of nitriles is 1. The van der Waals surface area contributed by atoms with E-state index in [0.29, 0.717) is 32.0 Å². The molecule has 0 amide bonds. The van der Waals surface area contributed by atoms with E-state index in [0.717, 1.165) is 37.8 Å². The second-order valence-electron chi connectivity index (χ2n) is 6.56. The Balaban J connectivity index is 1.58. The maximum Gasteiger partial charge on any atom is 0.233 e. The molecule has 1 aromatic heterocycles. The number of ether oxygens (including phenoxy) is 1. The second-order valence-corrected chi connectivity index (χ2v) is 8.36. The van der Waals surface area contributed by atoms with Gasteiger partial charge in [-0.25, -0.2) is 8.42 Å². The Labute approximate surface area is 171 Å². The Morgan fingerprint density at radius 3 is 2.79 bits per heavy atom. The van der Waals surface area contributed by atoms with E-state index in [2.05, 4.69) is 25.5 Å². The first-order chi connectivity index (χ1) is 14.1. The van der Waals surface area contributed by atoms with Crippen LogP contribution in [-0.2, 0) is 19.6 Å². The van der Waals surface area contributed by atoms with Crippen molar-refractivity contribution in [3.63, 3.8) is 0 Å². The second kappa shape index (κ2) is 13.1. The third-order valence-electron chi connectivity index (χ3n) is 4.15. The van der Waals surface area contributed by atoms with Gasteiger partial charge in [-0.3, -0.25) is 20.1 Å². The van der Waals surface area contributed by atoms with Gasteiger partial charge < -0.3 is 10.1 Å². The summed E-state index contributed by atoms with van der Waals surface area (Å²) in [5, 5.41) is 14.3. The van der Waals surface area contributed by atoms with Gasteiger partial charge in [0.1, 0.15) is 0 Å². The maximum atomic E-state index is 11.9. The fourth-order valence-corrected chi connectivity index (χ4v) is 3.58. The summed E-state index contributed by atoms with van der Waals surface area (Å²) in [6, 6.07) is 3.54. The molecule has 0 aliphatic carbocycles. The van der Waals surface area contributed by atoms with E-state index in [-0.39, 0.29) is 5.75 Å². The van der Waals surface area contributed by atoms with Gasteiger partial charge in [0.25, 0.3) is 0 Å². The molecule has 29 heavy (non-hydrogen) atoms. The number of nitrogens with zero attached hydrogens (tertiary/aromatic N) is 3. The number of guanidine groups is 1. The minimum atomic E-state index is -3.47. The summed E-state index contributed by atoms with van der Waals surface area (Å²) in [5.41, 5.74) is 0.778. The van der Waals surface area contributed by atoms with Crippen LogP contribution in [-0.4, -0.2) is 44.6 Å². The van der Waals surface area contributed by atoms with Crippen LogP contribution in [0, 0.1) is 11.5 Å². The molecule has 0 aromatic carbocycles. The molecular weight excluding hydrogens is 396 g/mol. The number of hydrogen-bond acceptors (Lipinski definition) is 7. The van der Waals surface area contributed by atoms with E-state index >= 15 is 0 Å². The predicted molar refractivity (Wildman–Crippen MR) is 109 cm³/mol. The zero-order valence-corrected chi connectivity index (χ0v) is 17.2. The van der Waals surface area contributed by atoms with Crippen molar-refractivity contribution in [2.24, 2.45) is 4.99 Å². The molecule has 0 saturated carbocycles. The van der Waals surface area contributed by atoms with Crippen molar-refractivity contribution in [2.75, 3.05) is 24.2 Å². The summed E-state index contributed by atoms with van der Waals surface area (Å²) < 4.78 is 29.2. The molecule has 2 rings (SSSR count). The average Bonchev–Trinajstić information content (AvgIpc) is 2.73. The van der Waals surface area contributed by atoms with Crippen molar-refractivity contribution in [3.05, 3.63) is 24.5 Å². The average molecular weight is 425 g/mol. The number of aromatic nitrogens is 1. The standard InChI is InChI=1S/C18H28N6O4S/c19-15-22-18(23-16-8-11-20-12-9-16)21-10-4-1-2-6-14-29(25,26)24-28-17-7-3-5-13-27-17/h8-9,11-12,17,24H,1-7,10,13-14H2,(H2,20,21,22,23). The Bertz CT molecular complexity index is 760. The number of rotatable bonds is 11. The lowest BCUT2D eigenvalue weighted by Crippen LogP contribution is -2.34. The number of sulfonamides is 1. The van der Waals surface area contributed by atoms with E-state index < -0.39 is 16.3 Å². The van der Waals surface area contributed by atoms with E-state index in [1.807, 2.05) is 6.19 Å². The Kier molecular flexibility index (Phi) is 10.4. The highest BCUT2D eigenvalue weighted by Gasteiger charge is 2.18. The lowest BCUT2D eigenvalue weighted by molar-refractivity contribution is -0.179. The number of aliphatic imine (C=N–C) groups is 1. The molecule has 1 atom stereocenters. The van der Waals surface area contributed by atoms with Crippen molar-refractivity contribution >= 4 is 21.7 Å². The molecule has 1 saturated heterocycles. The third-order valence-corrected chi connectivity index (χ3v) is 5.33. The molecule has 2 heterocycles. The largest absolute Gasteiger partial charge is 0.351 e. The molecule has 3 N–H and O–H groups in total. The van der Waals surface area contributed by atoms with Crippen LogP contribution in [0.1, 0.15) is 44.9 Å². The lowest BCUT2D eigenvalue weighted by atomic mass is 10.2. The fourth-order valence-electron chi connectivity index (χ4n) is 2.66. The van der Waals surface area contributed by atoms with Crippen molar-refractivity contribution in [1.82, 2.24) is 15.2 Å². The summed E-state index contributed by atoms with van der Waals surface area (Å²) >= 11 is 0. The zero-order valence-electron chi connectivity index (χ0n) is 16.3. The first-order valence-electron chi connectivity index (χ1n) is 9.72. The van der Waals surface area contributed by atoms with Crippen LogP contribution in [0.25, 0.3) is 0 Å². The van der Waals surface area contributed by atoms with Gasteiger partial charge in [0.05, 0.1) is 5.75 Å². The van der Waals surface area contributed by atoms with E-state index in [1.54, 1.807) is 24.5 Å². The smallest absolute Gasteiger partial charge is 0.233 e. The summed E-state index contributed by atoms with van der Waals surface area (Å²) in [5.74, 6) is 0.376. The molecule has 1 aromatic rings. The van der Waals surface area contributed by atoms with Crippen LogP contribution >= 0.6 is 0 Å². The maximum absolute atomic E-state index is 11.9. The number of anilines is 1. The van der Waals surface area contributed by atoms with Crippen LogP contribution in [0.15, 0.2) is 29.5 Å². The quantitative estimate of drug-likeness (QED) is 0.122. The Hall–Kier alpha value is -2.26. The van der Waals surface area contributed by atoms with Gasteiger partial charge in [0.2, 0.25) is 16.0 Å². The SMILES string of the molecule is N#CNC(=NCCCCCCS(=O)(=O)NOC1CCCCO1)Nc1ccncc1. The van der Waals surface area contributed by atoms with Crippen LogP contribution in [0.3, 0.4) is 0 Å². The number of pyridine rings is 1. The highest BCUT2D eigenvalue weighted by Crippen LogP contribution is 2.13. The van der Waals surface area contributed by atoms with Crippen LogP contribution < -0.4 is 15.5 Å². The molecule has 1 aliphatic rings. The molecule has 10 nitrogen and oxygen atoms in total. The molecule has 1 unspecified atom stereocenters. The molecule has 0 radical (unpaired) electrons. The van der Waals surface area contributed by atoms with Crippen molar-refractivity contribution in [2.45, 2.75) is 51.2 Å². The highest BCUT2D eigenvalue weighted by atomic mass is 32.2. The molecule has 1 aliphatic heterocycles. The molecule has 0 bridgehead atoms. The van der Waals surface area contributed by atoms with Crippen LogP contribution in [0.4, 0.5) is 5.69 Å². The van der Waals surface area contributed by atoms with Crippen molar-refractivity contribution in [1.29, 1.82) is 5.26 Å². The Morgan fingerprint density at radius 1 is 1.28 bits per heavy atom. The zero-order chi connectivity index (χ0) is 20.8. The van der Waals surface area contributed by atoms with E-state index in [9.17, 15) is 8.42 Å². The van der Waals surface area contributed by atoms with Gasteiger partial charge in [-0.05, 0) is 37.8 Å². The molecule has 1 fully saturated rings. The minimum absolute atomic E-state index is 0.00776. The number of unbranched alkanes of at least 4 members (excludes halogenated alkanes) is 3. The topological polar surface area (TPSA) is 138 Å². The summed E-state index contributed by atoms with van der Waals surface area (Å²) in [6.07, 6.45) is 10.2. The summed E-state index contributed by atoms with van der Waals surface area (Å²) in [4.78, 5) is 15.5. The van der Waals surface area contributed by atoms with Gasteiger partial charge in [0.15, 0.2) is 12.5 Å². The Morgan fingerprint density at radius 2 is 2.07 bits per heavy atom.